The number of aryl methyl sites for hydroxylation is 1. The van der Waals surface area contributed by atoms with E-state index in [0.29, 0.717) is 7.18 Å². The van der Waals surface area contributed by atoms with Crippen molar-refractivity contribution in [2.45, 2.75) is 12.8 Å². The first-order valence-electron chi connectivity index (χ1n) is 4.05. The smallest absolute Gasteiger partial charge is 0.0785 e. The Balaban J connectivity index is 0.000000561. The third-order valence-corrected chi connectivity index (χ3v) is 1.51. The first-order chi connectivity index (χ1) is 5.93. The Labute approximate surface area is 73.4 Å². The number of hydrogen-bond acceptors (Lipinski definition) is 1. The number of hydrogen-bond donors (Lipinski definition) is 1. The molecule has 1 rings (SSSR count). The Hall–Kier alpha value is -0.890. The zero-order valence-corrected chi connectivity index (χ0v) is 7.46. The lowest BCUT2D eigenvalue weighted by Gasteiger charge is -1.96. The normalized spacial score (nSPS) is 8.58. The molecule has 0 saturated carbocycles. The molecule has 0 heterocycles. The molecule has 68 valence electrons. The molecule has 0 radical (unpaired) electrons. The molecule has 0 aliphatic heterocycles. The van der Waals surface area contributed by atoms with Crippen LogP contribution in [0.15, 0.2) is 30.3 Å². The van der Waals surface area contributed by atoms with Gasteiger partial charge in [-0.15, -0.1) is 0 Å². The zero-order valence-electron chi connectivity index (χ0n) is 7.46. The van der Waals surface area contributed by atoms with E-state index in [2.05, 4.69) is 24.3 Å². The van der Waals surface area contributed by atoms with Crippen molar-refractivity contribution < 1.29 is 4.39 Å². The summed E-state index contributed by atoms with van der Waals surface area (Å²) in [6, 6.07) is 10.4. The second-order valence-corrected chi connectivity index (χ2v) is 2.38. The number of halogens is 1. The Morgan fingerprint density at radius 3 is 2.25 bits per heavy atom. The van der Waals surface area contributed by atoms with Crippen molar-refractivity contribution in [3.05, 3.63) is 35.9 Å². The molecule has 2 N–H and O–H groups in total. The van der Waals surface area contributed by atoms with Crippen LogP contribution in [0.4, 0.5) is 4.39 Å². The minimum atomic E-state index is 0.500. The average molecular weight is 169 g/mol. The van der Waals surface area contributed by atoms with Gasteiger partial charge in [-0.3, -0.25) is 4.39 Å². The standard InChI is InChI=1S/C9H13N.CH3F/c10-8-4-7-9-5-2-1-3-6-9;1-2/h1-3,5-6H,4,7-8,10H2;1H3. The van der Waals surface area contributed by atoms with E-state index in [0.717, 1.165) is 19.4 Å². The maximum atomic E-state index is 9.50. The van der Waals surface area contributed by atoms with Gasteiger partial charge in [0.15, 0.2) is 0 Å². The van der Waals surface area contributed by atoms with Gasteiger partial charge in [-0.2, -0.15) is 0 Å². The molecule has 0 aliphatic rings. The van der Waals surface area contributed by atoms with E-state index < -0.39 is 0 Å². The van der Waals surface area contributed by atoms with E-state index in [1.54, 1.807) is 0 Å². The summed E-state index contributed by atoms with van der Waals surface area (Å²) >= 11 is 0. The van der Waals surface area contributed by atoms with Crippen LogP contribution in [0.2, 0.25) is 0 Å². The summed E-state index contributed by atoms with van der Waals surface area (Å²) < 4.78 is 9.50. The van der Waals surface area contributed by atoms with Gasteiger partial charge in [-0.1, -0.05) is 30.3 Å². The van der Waals surface area contributed by atoms with E-state index in [4.69, 9.17) is 5.73 Å². The predicted molar refractivity (Wildman–Crippen MR) is 50.8 cm³/mol. The van der Waals surface area contributed by atoms with Crippen LogP contribution in [-0.4, -0.2) is 13.7 Å². The molecule has 0 atom stereocenters. The van der Waals surface area contributed by atoms with Crippen LogP contribution in [0.1, 0.15) is 12.0 Å². The van der Waals surface area contributed by atoms with Gasteiger partial charge < -0.3 is 5.73 Å². The fraction of sp³-hybridized carbons (Fsp3) is 0.400. The molecule has 2 heteroatoms. The van der Waals surface area contributed by atoms with Gasteiger partial charge in [0.2, 0.25) is 0 Å². The molecule has 1 aromatic rings. The molecule has 0 unspecified atom stereocenters. The van der Waals surface area contributed by atoms with Crippen molar-refractivity contribution in [3.63, 3.8) is 0 Å². The van der Waals surface area contributed by atoms with Crippen LogP contribution in [0.5, 0.6) is 0 Å². The second kappa shape index (κ2) is 8.21. The summed E-state index contributed by atoms with van der Waals surface area (Å²) in [5, 5.41) is 0. The highest BCUT2D eigenvalue weighted by molar-refractivity contribution is 5.14. The van der Waals surface area contributed by atoms with Gasteiger partial charge in [0.05, 0.1) is 7.18 Å². The number of rotatable bonds is 3. The first kappa shape index (κ1) is 11.1. The van der Waals surface area contributed by atoms with Crippen molar-refractivity contribution in [1.82, 2.24) is 0 Å². The molecule has 12 heavy (non-hydrogen) atoms. The summed E-state index contributed by atoms with van der Waals surface area (Å²) in [6.45, 7) is 0.787. The van der Waals surface area contributed by atoms with E-state index in [-0.39, 0.29) is 0 Å². The highest BCUT2D eigenvalue weighted by Gasteiger charge is 1.87. The average Bonchev–Trinajstić information content (AvgIpc) is 2.19. The number of alkyl halides is 1. The molecule has 0 fully saturated rings. The topological polar surface area (TPSA) is 26.0 Å². The van der Waals surface area contributed by atoms with Crippen LogP contribution in [0.3, 0.4) is 0 Å². The zero-order chi connectivity index (χ0) is 9.23. The van der Waals surface area contributed by atoms with E-state index in [1.807, 2.05) is 6.07 Å². The minimum absolute atomic E-state index is 0.500. The third-order valence-electron chi connectivity index (χ3n) is 1.51. The van der Waals surface area contributed by atoms with Gasteiger partial charge in [0, 0.05) is 0 Å². The Bertz CT molecular complexity index is 174. The van der Waals surface area contributed by atoms with E-state index in [9.17, 15) is 4.39 Å². The van der Waals surface area contributed by atoms with Crippen molar-refractivity contribution >= 4 is 0 Å². The van der Waals surface area contributed by atoms with Gasteiger partial charge in [-0.05, 0) is 24.9 Å². The Kier molecular flexibility index (Phi) is 7.60. The molecule has 0 aromatic heterocycles. The van der Waals surface area contributed by atoms with Gasteiger partial charge in [0.25, 0.3) is 0 Å². The van der Waals surface area contributed by atoms with Crippen molar-refractivity contribution in [1.29, 1.82) is 0 Å². The molecular formula is C10H16FN. The van der Waals surface area contributed by atoms with Crippen molar-refractivity contribution in [3.8, 4) is 0 Å². The summed E-state index contributed by atoms with van der Waals surface area (Å²) in [4.78, 5) is 0. The van der Waals surface area contributed by atoms with Crippen LogP contribution in [0, 0.1) is 0 Å². The molecule has 0 saturated heterocycles. The highest BCUT2D eigenvalue weighted by Crippen LogP contribution is 2.00. The molecular weight excluding hydrogens is 153 g/mol. The lowest BCUT2D eigenvalue weighted by atomic mass is 10.1. The van der Waals surface area contributed by atoms with Crippen LogP contribution < -0.4 is 5.73 Å². The number of benzene rings is 1. The fourth-order valence-electron chi connectivity index (χ4n) is 0.951. The molecule has 0 amide bonds. The molecule has 0 bridgehead atoms. The SMILES string of the molecule is CF.NCCCc1ccccc1. The minimum Gasteiger partial charge on any atom is -0.330 e. The lowest BCUT2D eigenvalue weighted by molar-refractivity contribution is 0.636. The van der Waals surface area contributed by atoms with Crippen molar-refractivity contribution in [2.24, 2.45) is 5.73 Å². The fourth-order valence-corrected chi connectivity index (χ4v) is 0.951. The summed E-state index contributed by atoms with van der Waals surface area (Å²) in [5.74, 6) is 0. The summed E-state index contributed by atoms with van der Waals surface area (Å²) in [6.07, 6.45) is 2.20. The van der Waals surface area contributed by atoms with Crippen molar-refractivity contribution in [2.75, 3.05) is 13.7 Å². The second-order valence-electron chi connectivity index (χ2n) is 2.38. The summed E-state index contributed by atoms with van der Waals surface area (Å²) in [7, 11) is 0.500. The molecule has 1 aromatic carbocycles. The van der Waals surface area contributed by atoms with Gasteiger partial charge in [0.1, 0.15) is 0 Å². The largest absolute Gasteiger partial charge is 0.330 e. The van der Waals surface area contributed by atoms with E-state index in [1.165, 1.54) is 5.56 Å². The maximum Gasteiger partial charge on any atom is 0.0785 e. The third kappa shape index (κ3) is 4.85. The highest BCUT2D eigenvalue weighted by atomic mass is 19.1. The van der Waals surface area contributed by atoms with Gasteiger partial charge >= 0.3 is 0 Å². The van der Waals surface area contributed by atoms with Crippen LogP contribution >= 0.6 is 0 Å². The first-order valence-corrected chi connectivity index (χ1v) is 4.05. The summed E-state index contributed by atoms with van der Waals surface area (Å²) in [5.41, 5.74) is 6.76. The molecule has 0 spiro atoms. The predicted octanol–water partition coefficient (Wildman–Crippen LogP) is 2.16. The Morgan fingerprint density at radius 2 is 1.75 bits per heavy atom. The molecule has 0 aliphatic carbocycles. The quantitative estimate of drug-likeness (QED) is 0.737. The Morgan fingerprint density at radius 1 is 1.17 bits per heavy atom. The van der Waals surface area contributed by atoms with Crippen LogP contribution in [0.25, 0.3) is 0 Å². The monoisotopic (exact) mass is 169 g/mol. The van der Waals surface area contributed by atoms with E-state index >= 15 is 0 Å². The van der Waals surface area contributed by atoms with Crippen LogP contribution in [-0.2, 0) is 6.42 Å². The lowest BCUT2D eigenvalue weighted by Crippen LogP contribution is -1.99. The maximum absolute atomic E-state index is 9.50. The molecule has 1 nitrogen and oxygen atoms in total. The van der Waals surface area contributed by atoms with Gasteiger partial charge in [-0.25, -0.2) is 0 Å². The number of nitrogens with two attached hydrogens (primary N) is 1.